The fourth-order valence-electron chi connectivity index (χ4n) is 2.58. The summed E-state index contributed by atoms with van der Waals surface area (Å²) in [6.07, 6.45) is 5.60. The van der Waals surface area contributed by atoms with Crippen LogP contribution in [-0.2, 0) is 0 Å². The van der Waals surface area contributed by atoms with Crippen LogP contribution in [0.25, 0.3) is 0 Å². The molecule has 0 bridgehead atoms. The van der Waals surface area contributed by atoms with E-state index in [9.17, 15) is 5.11 Å². The lowest BCUT2D eigenvalue weighted by Gasteiger charge is -2.27. The van der Waals surface area contributed by atoms with Gasteiger partial charge in [-0.25, -0.2) is 0 Å². The number of aliphatic hydroxyl groups excluding tert-OH is 1. The lowest BCUT2D eigenvalue weighted by Crippen LogP contribution is -2.15. The van der Waals surface area contributed by atoms with E-state index in [1.807, 2.05) is 12.1 Å². The zero-order valence-corrected chi connectivity index (χ0v) is 10.9. The fraction of sp³-hybridized carbons (Fsp3) is 0.571. The second-order valence-corrected chi connectivity index (χ2v) is 5.14. The third-order valence-corrected chi connectivity index (χ3v) is 3.93. The molecule has 94 valence electrons. The average molecular weight is 255 g/mol. The molecule has 1 fully saturated rings. The van der Waals surface area contributed by atoms with Crippen molar-refractivity contribution in [3.8, 4) is 5.75 Å². The van der Waals surface area contributed by atoms with Crippen LogP contribution in [0.2, 0.25) is 5.02 Å². The molecule has 0 amide bonds. The largest absolute Gasteiger partial charge is 0.495 e. The molecule has 0 aliphatic heterocycles. The van der Waals surface area contributed by atoms with E-state index in [2.05, 4.69) is 0 Å². The van der Waals surface area contributed by atoms with E-state index >= 15 is 0 Å². The van der Waals surface area contributed by atoms with Gasteiger partial charge in [-0.2, -0.15) is 0 Å². The second-order valence-electron chi connectivity index (χ2n) is 4.74. The molecular formula is C14H19ClO2. The number of halogens is 1. The highest BCUT2D eigenvalue weighted by Crippen LogP contribution is 2.36. The summed E-state index contributed by atoms with van der Waals surface area (Å²) >= 11 is 5.98. The highest BCUT2D eigenvalue weighted by Gasteiger charge is 2.23. The fourth-order valence-corrected chi connectivity index (χ4v) is 2.78. The highest BCUT2D eigenvalue weighted by atomic mass is 35.5. The van der Waals surface area contributed by atoms with Crippen molar-refractivity contribution in [1.82, 2.24) is 0 Å². The summed E-state index contributed by atoms with van der Waals surface area (Å²) in [5.74, 6) is 1.02. The second kappa shape index (κ2) is 5.74. The van der Waals surface area contributed by atoms with Gasteiger partial charge < -0.3 is 9.84 Å². The van der Waals surface area contributed by atoms with E-state index < -0.39 is 0 Å². The number of methoxy groups -OCH3 is 1. The summed E-state index contributed by atoms with van der Waals surface area (Å²) in [5.41, 5.74) is 0.915. The maximum absolute atomic E-state index is 10.4. The monoisotopic (exact) mass is 254 g/mol. The van der Waals surface area contributed by atoms with Gasteiger partial charge in [0.15, 0.2) is 0 Å². The minimum Gasteiger partial charge on any atom is -0.495 e. The number of ether oxygens (including phenoxy) is 1. The maximum atomic E-state index is 10.4. The zero-order valence-electron chi connectivity index (χ0n) is 10.2. The van der Waals surface area contributed by atoms with Gasteiger partial charge in [0.1, 0.15) is 5.75 Å². The number of benzene rings is 1. The van der Waals surface area contributed by atoms with Crippen molar-refractivity contribution in [2.45, 2.75) is 38.2 Å². The molecule has 0 spiro atoms. The van der Waals surface area contributed by atoms with Gasteiger partial charge in [0, 0.05) is 0 Å². The molecule has 1 aliphatic rings. The van der Waals surface area contributed by atoms with Crippen LogP contribution in [0.15, 0.2) is 18.2 Å². The van der Waals surface area contributed by atoms with Crippen LogP contribution in [0, 0.1) is 5.92 Å². The topological polar surface area (TPSA) is 29.5 Å². The minimum atomic E-state index is -0.388. The lowest BCUT2D eigenvalue weighted by molar-refractivity contribution is 0.0846. The molecular weight excluding hydrogens is 236 g/mol. The molecule has 1 aromatic carbocycles. The molecule has 2 nitrogen and oxygen atoms in total. The standard InChI is InChI=1S/C14H19ClO2/c1-17-13-9-11(7-8-12(13)15)14(16)10-5-3-2-4-6-10/h7-10,14,16H,2-6H2,1H3. The molecule has 1 atom stereocenters. The van der Waals surface area contributed by atoms with Gasteiger partial charge in [-0.3, -0.25) is 0 Å². The Balaban J connectivity index is 2.15. The molecule has 0 aromatic heterocycles. The molecule has 3 heteroatoms. The Hall–Kier alpha value is -0.730. The van der Waals surface area contributed by atoms with E-state index in [4.69, 9.17) is 16.3 Å². The average Bonchev–Trinajstić information content (AvgIpc) is 2.39. The summed E-state index contributed by atoms with van der Waals surface area (Å²) in [6, 6.07) is 5.54. The van der Waals surface area contributed by atoms with Gasteiger partial charge in [-0.05, 0) is 36.5 Å². The Morgan fingerprint density at radius 2 is 2.00 bits per heavy atom. The number of hydrogen-bond donors (Lipinski definition) is 1. The molecule has 1 saturated carbocycles. The van der Waals surface area contributed by atoms with Crippen molar-refractivity contribution in [2.24, 2.45) is 5.92 Å². The molecule has 1 N–H and O–H groups in total. The van der Waals surface area contributed by atoms with Crippen molar-refractivity contribution in [3.63, 3.8) is 0 Å². The minimum absolute atomic E-state index is 0.384. The van der Waals surface area contributed by atoms with Crippen LogP contribution < -0.4 is 4.74 Å². The van der Waals surface area contributed by atoms with Crippen LogP contribution in [-0.4, -0.2) is 12.2 Å². The maximum Gasteiger partial charge on any atom is 0.137 e. The van der Waals surface area contributed by atoms with Gasteiger partial charge in [0.05, 0.1) is 18.2 Å². The van der Waals surface area contributed by atoms with Gasteiger partial charge in [-0.1, -0.05) is 36.9 Å². The van der Waals surface area contributed by atoms with E-state index in [1.165, 1.54) is 19.3 Å². The van der Waals surface area contributed by atoms with Crippen molar-refractivity contribution >= 4 is 11.6 Å². The first-order valence-corrected chi connectivity index (χ1v) is 6.61. The molecule has 2 rings (SSSR count). The van der Waals surface area contributed by atoms with E-state index in [1.54, 1.807) is 13.2 Å². The predicted molar refractivity (Wildman–Crippen MR) is 69.5 cm³/mol. The molecule has 17 heavy (non-hydrogen) atoms. The van der Waals surface area contributed by atoms with E-state index in [0.717, 1.165) is 18.4 Å². The Bertz CT molecular complexity index is 372. The van der Waals surface area contributed by atoms with Crippen LogP contribution in [0.5, 0.6) is 5.75 Å². The van der Waals surface area contributed by atoms with Crippen LogP contribution in [0.3, 0.4) is 0 Å². The Morgan fingerprint density at radius 3 is 2.65 bits per heavy atom. The predicted octanol–water partition coefficient (Wildman–Crippen LogP) is 3.96. The summed E-state index contributed by atoms with van der Waals surface area (Å²) < 4.78 is 5.18. The van der Waals surface area contributed by atoms with E-state index in [-0.39, 0.29) is 6.10 Å². The Morgan fingerprint density at radius 1 is 1.29 bits per heavy atom. The third kappa shape index (κ3) is 2.93. The third-order valence-electron chi connectivity index (χ3n) is 3.61. The van der Waals surface area contributed by atoms with Crippen molar-refractivity contribution in [2.75, 3.05) is 7.11 Å². The molecule has 0 heterocycles. The van der Waals surface area contributed by atoms with Crippen molar-refractivity contribution in [3.05, 3.63) is 28.8 Å². The van der Waals surface area contributed by atoms with Crippen molar-refractivity contribution < 1.29 is 9.84 Å². The number of rotatable bonds is 3. The Labute approximate surface area is 108 Å². The molecule has 0 radical (unpaired) electrons. The Kier molecular flexibility index (Phi) is 4.30. The van der Waals surface area contributed by atoms with Gasteiger partial charge in [0.2, 0.25) is 0 Å². The lowest BCUT2D eigenvalue weighted by atomic mass is 9.83. The highest BCUT2D eigenvalue weighted by molar-refractivity contribution is 6.32. The molecule has 1 aromatic rings. The van der Waals surface area contributed by atoms with Crippen molar-refractivity contribution in [1.29, 1.82) is 0 Å². The zero-order chi connectivity index (χ0) is 12.3. The first-order chi connectivity index (χ1) is 8.22. The van der Waals surface area contributed by atoms with Crippen LogP contribution >= 0.6 is 11.6 Å². The quantitative estimate of drug-likeness (QED) is 0.885. The summed E-state index contributed by atoms with van der Waals surface area (Å²) in [4.78, 5) is 0. The molecule has 1 unspecified atom stereocenters. The molecule has 1 aliphatic carbocycles. The first-order valence-electron chi connectivity index (χ1n) is 6.24. The summed E-state index contributed by atoms with van der Waals surface area (Å²) in [6.45, 7) is 0. The van der Waals surface area contributed by atoms with Gasteiger partial charge >= 0.3 is 0 Å². The van der Waals surface area contributed by atoms with Gasteiger partial charge in [-0.15, -0.1) is 0 Å². The van der Waals surface area contributed by atoms with Crippen LogP contribution in [0.1, 0.15) is 43.8 Å². The van der Waals surface area contributed by atoms with Gasteiger partial charge in [0.25, 0.3) is 0 Å². The first kappa shape index (κ1) is 12.7. The summed E-state index contributed by atoms with van der Waals surface area (Å²) in [5, 5.41) is 10.9. The SMILES string of the molecule is COc1cc(C(O)C2CCCCC2)ccc1Cl. The van der Waals surface area contributed by atoms with Crippen LogP contribution in [0.4, 0.5) is 0 Å². The molecule has 0 saturated heterocycles. The summed E-state index contributed by atoms with van der Waals surface area (Å²) in [7, 11) is 1.60. The van der Waals surface area contributed by atoms with E-state index in [0.29, 0.717) is 16.7 Å². The number of hydrogen-bond acceptors (Lipinski definition) is 2. The normalized spacial score (nSPS) is 19.0. The smallest absolute Gasteiger partial charge is 0.137 e. The number of aliphatic hydroxyl groups is 1.